The number of aryl methyl sites for hydroxylation is 1. The number of benzene rings is 2. The van der Waals surface area contributed by atoms with Crippen LogP contribution in [0.3, 0.4) is 0 Å². The van der Waals surface area contributed by atoms with Gasteiger partial charge in [0.15, 0.2) is 16.4 Å². The Morgan fingerprint density at radius 3 is 2.71 bits per heavy atom. The highest BCUT2D eigenvalue weighted by Gasteiger charge is 2.30. The number of rotatable bonds is 4. The van der Waals surface area contributed by atoms with Crippen LogP contribution in [0.4, 0.5) is 15.8 Å². The van der Waals surface area contributed by atoms with Crippen molar-refractivity contribution in [3.8, 4) is 5.75 Å². The van der Waals surface area contributed by atoms with Crippen LogP contribution in [-0.2, 0) is 20.4 Å². The molecule has 1 aromatic heterocycles. The van der Waals surface area contributed by atoms with Crippen molar-refractivity contribution in [3.05, 3.63) is 64.4 Å². The summed E-state index contributed by atoms with van der Waals surface area (Å²) in [6.07, 6.45) is 1.56. The standard InChI is InChI=1S/C19H15FN2O4S2/c1-12-8-13(20)2-4-15(12)22-16-5-3-14(9-17(16)26-10-19(22)23)28(24,25)11-18-21-6-7-27-18/h2-9H,10-11H2,1H3. The summed E-state index contributed by atoms with van der Waals surface area (Å²) < 4.78 is 44.3. The molecule has 6 nitrogen and oxygen atoms in total. The molecule has 1 aliphatic heterocycles. The highest BCUT2D eigenvalue weighted by atomic mass is 32.2. The number of sulfone groups is 1. The Hall–Kier alpha value is -2.78. The molecule has 3 aromatic rings. The second-order valence-electron chi connectivity index (χ2n) is 6.26. The molecule has 0 unspecified atom stereocenters. The van der Waals surface area contributed by atoms with Gasteiger partial charge in [-0.2, -0.15) is 0 Å². The second-order valence-corrected chi connectivity index (χ2v) is 9.23. The number of hydrogen-bond donors (Lipinski definition) is 0. The molecule has 0 saturated carbocycles. The maximum absolute atomic E-state index is 13.4. The topological polar surface area (TPSA) is 76.6 Å². The lowest BCUT2D eigenvalue weighted by Crippen LogP contribution is -2.35. The first kappa shape index (κ1) is 18.6. The molecule has 1 amide bonds. The quantitative estimate of drug-likeness (QED) is 0.647. The van der Waals surface area contributed by atoms with E-state index in [1.165, 1.54) is 52.6 Å². The maximum Gasteiger partial charge on any atom is 0.269 e. The lowest BCUT2D eigenvalue weighted by Gasteiger charge is -2.30. The van der Waals surface area contributed by atoms with Crippen molar-refractivity contribution >= 4 is 38.5 Å². The predicted molar refractivity (Wildman–Crippen MR) is 103 cm³/mol. The summed E-state index contributed by atoms with van der Waals surface area (Å²) in [5.41, 5.74) is 1.52. The van der Waals surface area contributed by atoms with E-state index in [9.17, 15) is 17.6 Å². The smallest absolute Gasteiger partial charge is 0.269 e. The van der Waals surface area contributed by atoms with Gasteiger partial charge >= 0.3 is 0 Å². The minimum Gasteiger partial charge on any atom is -0.481 e. The molecule has 4 rings (SSSR count). The number of ether oxygens (including phenoxy) is 1. The number of hydrogen-bond acceptors (Lipinski definition) is 6. The fourth-order valence-corrected chi connectivity index (χ4v) is 5.30. The molecule has 0 spiro atoms. The number of carbonyl (C=O) groups excluding carboxylic acids is 1. The summed E-state index contributed by atoms with van der Waals surface area (Å²) in [6, 6.07) is 8.52. The van der Waals surface area contributed by atoms with Gasteiger partial charge in [-0.05, 0) is 42.8 Å². The molecule has 0 N–H and O–H groups in total. The first-order chi connectivity index (χ1) is 13.3. The van der Waals surface area contributed by atoms with Crippen molar-refractivity contribution in [2.75, 3.05) is 11.5 Å². The average molecular weight is 418 g/mol. The van der Waals surface area contributed by atoms with Gasteiger partial charge in [0.05, 0.1) is 16.3 Å². The molecule has 0 atom stereocenters. The Kier molecular flexibility index (Phi) is 4.64. The van der Waals surface area contributed by atoms with Crippen molar-refractivity contribution < 1.29 is 22.3 Å². The van der Waals surface area contributed by atoms with Gasteiger partial charge in [-0.15, -0.1) is 11.3 Å². The van der Waals surface area contributed by atoms with E-state index in [0.717, 1.165) is 0 Å². The molecular weight excluding hydrogens is 403 g/mol. The molecule has 2 heterocycles. The van der Waals surface area contributed by atoms with E-state index in [-0.39, 0.29) is 28.9 Å². The van der Waals surface area contributed by atoms with Crippen LogP contribution < -0.4 is 9.64 Å². The van der Waals surface area contributed by atoms with Gasteiger partial charge in [0, 0.05) is 17.6 Å². The molecule has 144 valence electrons. The highest BCUT2D eigenvalue weighted by molar-refractivity contribution is 7.90. The number of fused-ring (bicyclic) bond motifs is 1. The van der Waals surface area contributed by atoms with Crippen LogP contribution in [0.2, 0.25) is 0 Å². The van der Waals surface area contributed by atoms with E-state index in [4.69, 9.17) is 4.74 Å². The molecule has 0 radical (unpaired) electrons. The molecule has 0 fully saturated rings. The van der Waals surface area contributed by atoms with Gasteiger partial charge in [0.2, 0.25) is 0 Å². The Morgan fingerprint density at radius 1 is 1.21 bits per heavy atom. The molecular formula is C19H15FN2O4S2. The Bertz CT molecular complexity index is 1160. The first-order valence-corrected chi connectivity index (χ1v) is 10.9. The van der Waals surface area contributed by atoms with Crippen LogP contribution in [0.15, 0.2) is 52.9 Å². The normalized spacial score (nSPS) is 13.9. The molecule has 9 heteroatoms. The second kappa shape index (κ2) is 6.99. The Labute approximate surface area is 165 Å². The van der Waals surface area contributed by atoms with Crippen LogP contribution in [0.5, 0.6) is 5.75 Å². The van der Waals surface area contributed by atoms with Crippen LogP contribution in [0.1, 0.15) is 10.6 Å². The van der Waals surface area contributed by atoms with Crippen molar-refractivity contribution in [1.29, 1.82) is 0 Å². The van der Waals surface area contributed by atoms with Gasteiger partial charge in [0.1, 0.15) is 22.3 Å². The number of thiazole rings is 1. The summed E-state index contributed by atoms with van der Waals surface area (Å²) >= 11 is 1.27. The molecule has 0 aliphatic carbocycles. The van der Waals surface area contributed by atoms with Crippen molar-refractivity contribution in [2.45, 2.75) is 17.6 Å². The van der Waals surface area contributed by atoms with Crippen molar-refractivity contribution in [3.63, 3.8) is 0 Å². The van der Waals surface area contributed by atoms with E-state index in [2.05, 4.69) is 4.98 Å². The lowest BCUT2D eigenvalue weighted by molar-refractivity contribution is -0.120. The van der Waals surface area contributed by atoms with Crippen LogP contribution >= 0.6 is 11.3 Å². The number of aromatic nitrogens is 1. The molecule has 2 aromatic carbocycles. The van der Waals surface area contributed by atoms with E-state index < -0.39 is 15.7 Å². The summed E-state index contributed by atoms with van der Waals surface area (Å²) in [5.74, 6) is -0.640. The molecule has 1 aliphatic rings. The van der Waals surface area contributed by atoms with Crippen LogP contribution in [-0.4, -0.2) is 25.9 Å². The fourth-order valence-electron chi connectivity index (χ4n) is 3.03. The van der Waals surface area contributed by atoms with Gasteiger partial charge in [-0.1, -0.05) is 0 Å². The third-order valence-corrected chi connectivity index (χ3v) is 6.92. The monoisotopic (exact) mass is 418 g/mol. The Morgan fingerprint density at radius 2 is 2.00 bits per heavy atom. The van der Waals surface area contributed by atoms with Crippen LogP contribution in [0, 0.1) is 12.7 Å². The molecule has 0 bridgehead atoms. The van der Waals surface area contributed by atoms with Gasteiger partial charge < -0.3 is 4.74 Å². The van der Waals surface area contributed by atoms with E-state index in [0.29, 0.717) is 21.9 Å². The van der Waals surface area contributed by atoms with Gasteiger partial charge in [-0.25, -0.2) is 17.8 Å². The van der Waals surface area contributed by atoms with Gasteiger partial charge in [0.25, 0.3) is 5.91 Å². The number of halogens is 1. The minimum atomic E-state index is -3.61. The average Bonchev–Trinajstić information content (AvgIpc) is 3.14. The van der Waals surface area contributed by atoms with Crippen molar-refractivity contribution in [2.24, 2.45) is 0 Å². The summed E-state index contributed by atoms with van der Waals surface area (Å²) in [5, 5.41) is 2.22. The number of nitrogens with zero attached hydrogens (tertiary/aromatic N) is 2. The zero-order valence-corrected chi connectivity index (χ0v) is 16.4. The van der Waals surface area contributed by atoms with Crippen LogP contribution in [0.25, 0.3) is 0 Å². The summed E-state index contributed by atoms with van der Waals surface area (Å²) in [7, 11) is -3.61. The summed E-state index contributed by atoms with van der Waals surface area (Å²) in [6.45, 7) is 1.47. The van der Waals surface area contributed by atoms with E-state index in [1.807, 2.05) is 0 Å². The Balaban J connectivity index is 1.74. The summed E-state index contributed by atoms with van der Waals surface area (Å²) in [4.78, 5) is 18.0. The number of amides is 1. The van der Waals surface area contributed by atoms with Crippen molar-refractivity contribution in [1.82, 2.24) is 4.98 Å². The SMILES string of the molecule is Cc1cc(F)ccc1N1C(=O)COc2cc(S(=O)(=O)Cc3nccs3)ccc21. The zero-order chi connectivity index (χ0) is 19.9. The molecule has 0 saturated heterocycles. The first-order valence-electron chi connectivity index (χ1n) is 8.32. The fraction of sp³-hybridized carbons (Fsp3) is 0.158. The zero-order valence-electron chi connectivity index (χ0n) is 14.8. The largest absolute Gasteiger partial charge is 0.481 e. The molecule has 28 heavy (non-hydrogen) atoms. The van der Waals surface area contributed by atoms with E-state index in [1.54, 1.807) is 18.5 Å². The predicted octanol–water partition coefficient (Wildman–Crippen LogP) is 3.62. The third kappa shape index (κ3) is 3.38. The van der Waals surface area contributed by atoms with Gasteiger partial charge in [-0.3, -0.25) is 9.69 Å². The number of carbonyl (C=O) groups is 1. The maximum atomic E-state index is 13.4. The lowest BCUT2D eigenvalue weighted by atomic mass is 10.1. The minimum absolute atomic E-state index is 0.0894. The number of anilines is 2. The third-order valence-electron chi connectivity index (χ3n) is 4.33. The van der Waals surface area contributed by atoms with E-state index >= 15 is 0 Å². The highest BCUT2D eigenvalue weighted by Crippen LogP contribution is 2.40.